The SMILES string of the molecule is CC(O)OS(=O)(=O)c1ccccc1. The standard InChI is InChI=1S/C8H10O4S/c1-7(9)12-13(10,11)8-5-3-2-4-6-8/h2-7,9H,1H3. The largest absolute Gasteiger partial charge is 0.367 e. The van der Waals surface area contributed by atoms with E-state index in [-0.39, 0.29) is 4.90 Å². The number of aliphatic hydroxyl groups is 1. The minimum atomic E-state index is -3.81. The Kier molecular flexibility index (Phi) is 3.02. The molecule has 0 saturated carbocycles. The van der Waals surface area contributed by atoms with Crippen molar-refractivity contribution in [2.24, 2.45) is 0 Å². The van der Waals surface area contributed by atoms with Crippen LogP contribution in [0.5, 0.6) is 0 Å². The summed E-state index contributed by atoms with van der Waals surface area (Å²) in [4.78, 5) is 0.0379. The van der Waals surface area contributed by atoms with E-state index in [0.29, 0.717) is 0 Å². The van der Waals surface area contributed by atoms with E-state index in [9.17, 15) is 8.42 Å². The van der Waals surface area contributed by atoms with Crippen molar-refractivity contribution in [2.45, 2.75) is 18.1 Å². The molecule has 13 heavy (non-hydrogen) atoms. The second-order valence-electron chi connectivity index (χ2n) is 2.46. The highest BCUT2D eigenvalue weighted by Gasteiger charge is 2.16. The molecular formula is C8H10O4S. The van der Waals surface area contributed by atoms with E-state index >= 15 is 0 Å². The zero-order valence-corrected chi connectivity index (χ0v) is 7.86. The number of hydrogen-bond acceptors (Lipinski definition) is 4. The number of hydrogen-bond donors (Lipinski definition) is 1. The van der Waals surface area contributed by atoms with Gasteiger partial charge < -0.3 is 5.11 Å². The summed E-state index contributed by atoms with van der Waals surface area (Å²) >= 11 is 0. The molecule has 0 aliphatic heterocycles. The fraction of sp³-hybridized carbons (Fsp3) is 0.250. The van der Waals surface area contributed by atoms with Crippen molar-refractivity contribution in [3.63, 3.8) is 0 Å². The fourth-order valence-corrected chi connectivity index (χ4v) is 1.79. The van der Waals surface area contributed by atoms with Gasteiger partial charge >= 0.3 is 0 Å². The molecule has 1 aromatic rings. The average molecular weight is 202 g/mol. The summed E-state index contributed by atoms with van der Waals surface area (Å²) in [7, 11) is -3.81. The van der Waals surface area contributed by atoms with E-state index in [0.717, 1.165) is 0 Å². The third-order valence-electron chi connectivity index (χ3n) is 1.30. The Morgan fingerprint density at radius 1 is 1.31 bits per heavy atom. The van der Waals surface area contributed by atoms with Gasteiger partial charge in [0.2, 0.25) is 0 Å². The fourth-order valence-electron chi connectivity index (χ4n) is 0.826. The Hall–Kier alpha value is -0.910. The van der Waals surface area contributed by atoms with Gasteiger partial charge in [-0.25, -0.2) is 4.18 Å². The molecule has 72 valence electrons. The Balaban J connectivity index is 2.96. The van der Waals surface area contributed by atoms with Crippen LogP contribution in [-0.2, 0) is 14.3 Å². The zero-order chi connectivity index (χ0) is 9.90. The van der Waals surface area contributed by atoms with E-state index in [4.69, 9.17) is 5.11 Å². The zero-order valence-electron chi connectivity index (χ0n) is 7.04. The maximum atomic E-state index is 11.3. The van der Waals surface area contributed by atoms with Gasteiger partial charge in [-0.05, 0) is 19.1 Å². The normalized spacial score (nSPS) is 14.0. The number of aliphatic hydroxyl groups excluding tert-OH is 1. The summed E-state index contributed by atoms with van der Waals surface area (Å²) < 4.78 is 26.9. The summed E-state index contributed by atoms with van der Waals surface area (Å²) in [5.41, 5.74) is 0. The number of rotatable bonds is 3. The summed E-state index contributed by atoms with van der Waals surface area (Å²) in [6.45, 7) is 1.24. The molecule has 0 heterocycles. The summed E-state index contributed by atoms with van der Waals surface area (Å²) in [6.07, 6.45) is -1.33. The second-order valence-corrected chi connectivity index (χ2v) is 4.03. The van der Waals surface area contributed by atoms with Crippen molar-refractivity contribution < 1.29 is 17.7 Å². The van der Waals surface area contributed by atoms with Gasteiger partial charge in [0.05, 0.1) is 4.90 Å². The Labute approximate surface area is 76.9 Å². The summed E-state index contributed by atoms with van der Waals surface area (Å²) in [5, 5.41) is 8.75. The van der Waals surface area contributed by atoms with E-state index in [2.05, 4.69) is 4.18 Å². The smallest absolute Gasteiger partial charge is 0.299 e. The molecule has 0 saturated heterocycles. The van der Waals surface area contributed by atoms with Crippen molar-refractivity contribution in [3.05, 3.63) is 30.3 Å². The van der Waals surface area contributed by atoms with E-state index in [1.54, 1.807) is 18.2 Å². The summed E-state index contributed by atoms with van der Waals surface area (Å²) in [5.74, 6) is 0. The van der Waals surface area contributed by atoms with Gasteiger partial charge in [0.1, 0.15) is 0 Å². The van der Waals surface area contributed by atoms with Gasteiger partial charge in [0.25, 0.3) is 10.1 Å². The molecule has 1 aromatic carbocycles. The maximum absolute atomic E-state index is 11.3. The van der Waals surface area contributed by atoms with Crippen molar-refractivity contribution in [3.8, 4) is 0 Å². The Bertz CT molecular complexity index is 355. The lowest BCUT2D eigenvalue weighted by atomic mass is 10.4. The summed E-state index contributed by atoms with van der Waals surface area (Å²) in [6, 6.07) is 7.66. The highest BCUT2D eigenvalue weighted by molar-refractivity contribution is 7.86. The molecule has 0 aliphatic rings. The molecule has 0 fully saturated rings. The minimum absolute atomic E-state index is 0.0379. The monoisotopic (exact) mass is 202 g/mol. The van der Waals surface area contributed by atoms with E-state index < -0.39 is 16.4 Å². The van der Waals surface area contributed by atoms with Gasteiger partial charge in [-0.1, -0.05) is 18.2 Å². The van der Waals surface area contributed by atoms with Crippen molar-refractivity contribution >= 4 is 10.1 Å². The van der Waals surface area contributed by atoms with Crippen LogP contribution in [0.15, 0.2) is 35.2 Å². The first-order chi connectivity index (χ1) is 6.02. The first kappa shape index (κ1) is 10.2. The van der Waals surface area contributed by atoms with Crippen LogP contribution >= 0.6 is 0 Å². The van der Waals surface area contributed by atoms with Crippen LogP contribution in [0.2, 0.25) is 0 Å². The van der Waals surface area contributed by atoms with Gasteiger partial charge in [0, 0.05) is 0 Å². The quantitative estimate of drug-likeness (QED) is 0.579. The van der Waals surface area contributed by atoms with E-state index in [1.165, 1.54) is 19.1 Å². The minimum Gasteiger partial charge on any atom is -0.367 e. The van der Waals surface area contributed by atoms with E-state index in [1.807, 2.05) is 0 Å². The van der Waals surface area contributed by atoms with Crippen molar-refractivity contribution in [2.75, 3.05) is 0 Å². The molecule has 1 rings (SSSR count). The second kappa shape index (κ2) is 3.87. The molecule has 0 aromatic heterocycles. The lowest BCUT2D eigenvalue weighted by Crippen LogP contribution is -2.14. The van der Waals surface area contributed by atoms with Crippen LogP contribution in [0, 0.1) is 0 Å². The molecule has 1 unspecified atom stereocenters. The molecule has 1 atom stereocenters. The average Bonchev–Trinajstić information content (AvgIpc) is 2.04. The van der Waals surface area contributed by atoms with Crippen LogP contribution in [0.3, 0.4) is 0 Å². The van der Waals surface area contributed by atoms with Gasteiger partial charge in [-0.2, -0.15) is 8.42 Å². The molecule has 0 amide bonds. The third-order valence-corrected chi connectivity index (χ3v) is 2.68. The molecule has 0 bridgehead atoms. The van der Waals surface area contributed by atoms with Crippen LogP contribution < -0.4 is 0 Å². The van der Waals surface area contributed by atoms with Crippen LogP contribution in [0.25, 0.3) is 0 Å². The Morgan fingerprint density at radius 3 is 2.31 bits per heavy atom. The molecular weight excluding hydrogens is 192 g/mol. The van der Waals surface area contributed by atoms with Crippen LogP contribution in [0.4, 0.5) is 0 Å². The number of benzene rings is 1. The third kappa shape index (κ3) is 2.80. The lowest BCUT2D eigenvalue weighted by molar-refractivity contribution is 0.00541. The molecule has 4 nitrogen and oxygen atoms in total. The predicted molar refractivity (Wildman–Crippen MR) is 46.4 cm³/mol. The van der Waals surface area contributed by atoms with Crippen molar-refractivity contribution in [1.82, 2.24) is 0 Å². The molecule has 0 spiro atoms. The highest BCUT2D eigenvalue weighted by Crippen LogP contribution is 2.12. The lowest BCUT2D eigenvalue weighted by Gasteiger charge is -2.06. The molecule has 1 N–H and O–H groups in total. The van der Waals surface area contributed by atoms with Gasteiger partial charge in [0.15, 0.2) is 6.29 Å². The van der Waals surface area contributed by atoms with Crippen LogP contribution in [-0.4, -0.2) is 19.8 Å². The predicted octanol–water partition coefficient (Wildman–Crippen LogP) is 0.730. The van der Waals surface area contributed by atoms with Crippen molar-refractivity contribution in [1.29, 1.82) is 0 Å². The molecule has 5 heteroatoms. The molecule has 0 radical (unpaired) electrons. The van der Waals surface area contributed by atoms with Gasteiger partial charge in [-0.3, -0.25) is 0 Å². The topological polar surface area (TPSA) is 63.6 Å². The first-order valence-corrected chi connectivity index (χ1v) is 5.09. The first-order valence-electron chi connectivity index (χ1n) is 3.69. The van der Waals surface area contributed by atoms with Gasteiger partial charge in [-0.15, -0.1) is 0 Å². The highest BCUT2D eigenvalue weighted by atomic mass is 32.2. The molecule has 0 aliphatic carbocycles. The van der Waals surface area contributed by atoms with Crippen LogP contribution in [0.1, 0.15) is 6.92 Å². The maximum Gasteiger partial charge on any atom is 0.299 e. The Morgan fingerprint density at radius 2 is 1.85 bits per heavy atom.